The number of aryl methyl sites for hydroxylation is 1. The van der Waals surface area contributed by atoms with Crippen LogP contribution in [0.4, 0.5) is 0 Å². The van der Waals surface area contributed by atoms with Gasteiger partial charge >= 0.3 is 5.97 Å². The number of methoxy groups -OCH3 is 2. The summed E-state index contributed by atoms with van der Waals surface area (Å²) in [5.41, 5.74) is 2.59. The lowest BCUT2D eigenvalue weighted by Gasteiger charge is -2.13. The maximum Gasteiger partial charge on any atom is 0.335 e. The lowest BCUT2D eigenvalue weighted by molar-refractivity contribution is 0.0696. The zero-order valence-electron chi connectivity index (χ0n) is 11.6. The topological polar surface area (TPSA) is 55.8 Å². The Labute approximate surface area is 117 Å². The molecule has 20 heavy (non-hydrogen) atoms. The Hall–Kier alpha value is -2.49. The van der Waals surface area contributed by atoms with Gasteiger partial charge < -0.3 is 14.6 Å². The lowest BCUT2D eigenvalue weighted by atomic mass is 9.99. The van der Waals surface area contributed by atoms with Crippen LogP contribution in [0.2, 0.25) is 0 Å². The highest BCUT2D eigenvalue weighted by atomic mass is 16.5. The second kappa shape index (κ2) is 5.65. The molecule has 4 nitrogen and oxygen atoms in total. The summed E-state index contributed by atoms with van der Waals surface area (Å²) in [6, 6.07) is 10.8. The number of para-hydroxylation sites is 1. The molecule has 4 heteroatoms. The third-order valence-electron chi connectivity index (χ3n) is 3.18. The molecule has 0 aliphatic carbocycles. The van der Waals surface area contributed by atoms with Crippen molar-refractivity contribution in [2.75, 3.05) is 14.2 Å². The van der Waals surface area contributed by atoms with Gasteiger partial charge in [-0.2, -0.15) is 0 Å². The first kappa shape index (κ1) is 13.9. The fourth-order valence-corrected chi connectivity index (χ4v) is 2.13. The SMILES string of the molecule is COc1cccc(-c2ccc(C)c(C(=O)O)c2)c1OC. The number of aromatic carboxylic acids is 1. The number of benzene rings is 2. The normalized spacial score (nSPS) is 10.2. The van der Waals surface area contributed by atoms with Crippen molar-refractivity contribution in [1.29, 1.82) is 0 Å². The monoisotopic (exact) mass is 272 g/mol. The highest BCUT2D eigenvalue weighted by molar-refractivity contribution is 5.91. The third kappa shape index (κ3) is 2.45. The number of carbonyl (C=O) groups is 1. The summed E-state index contributed by atoms with van der Waals surface area (Å²) in [4.78, 5) is 11.2. The third-order valence-corrected chi connectivity index (χ3v) is 3.18. The zero-order chi connectivity index (χ0) is 14.7. The Morgan fingerprint density at radius 3 is 2.45 bits per heavy atom. The van der Waals surface area contributed by atoms with Gasteiger partial charge in [-0.05, 0) is 30.2 Å². The number of hydrogen-bond donors (Lipinski definition) is 1. The highest BCUT2D eigenvalue weighted by Crippen LogP contribution is 2.38. The van der Waals surface area contributed by atoms with Crippen LogP contribution < -0.4 is 9.47 Å². The summed E-state index contributed by atoms with van der Waals surface area (Å²) in [7, 11) is 3.13. The van der Waals surface area contributed by atoms with Crippen LogP contribution in [0, 0.1) is 6.92 Å². The molecule has 0 saturated heterocycles. The van der Waals surface area contributed by atoms with Gasteiger partial charge in [0.2, 0.25) is 0 Å². The number of hydrogen-bond acceptors (Lipinski definition) is 3. The molecule has 0 fully saturated rings. The van der Waals surface area contributed by atoms with E-state index < -0.39 is 5.97 Å². The Kier molecular flexibility index (Phi) is 3.94. The molecule has 1 N–H and O–H groups in total. The Morgan fingerprint density at radius 1 is 1.10 bits per heavy atom. The van der Waals surface area contributed by atoms with Gasteiger partial charge in [0.25, 0.3) is 0 Å². The van der Waals surface area contributed by atoms with E-state index in [0.717, 1.165) is 16.7 Å². The van der Waals surface area contributed by atoms with Crippen molar-refractivity contribution < 1.29 is 19.4 Å². The van der Waals surface area contributed by atoms with Crippen molar-refractivity contribution in [3.05, 3.63) is 47.5 Å². The smallest absolute Gasteiger partial charge is 0.335 e. The summed E-state index contributed by atoms with van der Waals surface area (Å²) in [6.45, 7) is 1.77. The minimum absolute atomic E-state index is 0.285. The predicted molar refractivity (Wildman–Crippen MR) is 76.7 cm³/mol. The van der Waals surface area contributed by atoms with Gasteiger partial charge in [-0.3, -0.25) is 0 Å². The van der Waals surface area contributed by atoms with Gasteiger partial charge in [0.15, 0.2) is 11.5 Å². The first-order chi connectivity index (χ1) is 9.58. The molecular weight excluding hydrogens is 256 g/mol. The fraction of sp³-hybridized carbons (Fsp3) is 0.188. The average molecular weight is 272 g/mol. The molecule has 2 aromatic carbocycles. The van der Waals surface area contributed by atoms with Gasteiger partial charge in [0.05, 0.1) is 19.8 Å². The molecule has 0 aliphatic heterocycles. The molecule has 0 aliphatic rings. The van der Waals surface area contributed by atoms with Crippen LogP contribution in [0.15, 0.2) is 36.4 Å². The van der Waals surface area contributed by atoms with Crippen molar-refractivity contribution in [2.45, 2.75) is 6.92 Å². The number of carboxylic acids is 1. The van der Waals surface area contributed by atoms with Gasteiger partial charge in [0.1, 0.15) is 0 Å². The fourth-order valence-electron chi connectivity index (χ4n) is 2.13. The van der Waals surface area contributed by atoms with Crippen LogP contribution in [0.5, 0.6) is 11.5 Å². The van der Waals surface area contributed by atoms with E-state index in [2.05, 4.69) is 0 Å². The summed E-state index contributed by atoms with van der Waals surface area (Å²) in [5, 5.41) is 9.21. The van der Waals surface area contributed by atoms with Crippen LogP contribution in [0.25, 0.3) is 11.1 Å². The first-order valence-electron chi connectivity index (χ1n) is 6.13. The number of carboxylic acid groups (broad SMARTS) is 1. The molecule has 0 atom stereocenters. The summed E-state index contributed by atoms with van der Waals surface area (Å²) in [6.07, 6.45) is 0. The van der Waals surface area contributed by atoms with Crippen molar-refractivity contribution in [3.8, 4) is 22.6 Å². The molecule has 0 amide bonds. The second-order valence-corrected chi connectivity index (χ2v) is 4.38. The zero-order valence-corrected chi connectivity index (χ0v) is 11.6. The van der Waals surface area contributed by atoms with Crippen molar-refractivity contribution in [2.24, 2.45) is 0 Å². The minimum Gasteiger partial charge on any atom is -0.493 e. The lowest BCUT2D eigenvalue weighted by Crippen LogP contribution is -2.00. The maximum atomic E-state index is 11.2. The Balaban J connectivity index is 2.63. The van der Waals surface area contributed by atoms with E-state index in [-0.39, 0.29) is 5.56 Å². The molecule has 0 bridgehead atoms. The van der Waals surface area contributed by atoms with E-state index >= 15 is 0 Å². The number of rotatable bonds is 4. The van der Waals surface area contributed by atoms with Gasteiger partial charge in [-0.1, -0.05) is 24.3 Å². The van der Waals surface area contributed by atoms with Gasteiger partial charge in [0, 0.05) is 5.56 Å². The standard InChI is InChI=1S/C16H16O4/c1-10-7-8-11(9-13(10)16(17)18)12-5-4-6-14(19-2)15(12)20-3/h4-9H,1-3H3,(H,17,18). The van der Waals surface area contributed by atoms with E-state index in [0.29, 0.717) is 11.5 Å². The molecule has 104 valence electrons. The van der Waals surface area contributed by atoms with E-state index in [1.165, 1.54) is 0 Å². The molecule has 2 rings (SSSR count). The molecule has 0 aromatic heterocycles. The Bertz CT molecular complexity index is 647. The van der Waals surface area contributed by atoms with Crippen LogP contribution in [-0.4, -0.2) is 25.3 Å². The van der Waals surface area contributed by atoms with Crippen LogP contribution in [-0.2, 0) is 0 Å². The average Bonchev–Trinajstić information content (AvgIpc) is 2.46. The second-order valence-electron chi connectivity index (χ2n) is 4.38. The summed E-state index contributed by atoms with van der Waals surface area (Å²) >= 11 is 0. The Morgan fingerprint density at radius 2 is 1.85 bits per heavy atom. The van der Waals surface area contributed by atoms with Crippen LogP contribution >= 0.6 is 0 Å². The summed E-state index contributed by atoms with van der Waals surface area (Å²) in [5.74, 6) is 0.267. The van der Waals surface area contributed by atoms with E-state index in [4.69, 9.17) is 9.47 Å². The van der Waals surface area contributed by atoms with E-state index in [1.54, 1.807) is 39.3 Å². The summed E-state index contributed by atoms with van der Waals surface area (Å²) < 4.78 is 10.6. The molecule has 0 spiro atoms. The van der Waals surface area contributed by atoms with Crippen LogP contribution in [0.3, 0.4) is 0 Å². The molecule has 0 radical (unpaired) electrons. The molecule has 0 unspecified atom stereocenters. The molecule has 2 aromatic rings. The van der Waals surface area contributed by atoms with E-state index in [1.807, 2.05) is 18.2 Å². The molecule has 0 heterocycles. The van der Waals surface area contributed by atoms with Crippen LogP contribution in [0.1, 0.15) is 15.9 Å². The highest BCUT2D eigenvalue weighted by Gasteiger charge is 2.14. The quantitative estimate of drug-likeness (QED) is 0.927. The van der Waals surface area contributed by atoms with E-state index in [9.17, 15) is 9.90 Å². The van der Waals surface area contributed by atoms with Crippen molar-refractivity contribution in [3.63, 3.8) is 0 Å². The van der Waals surface area contributed by atoms with Crippen molar-refractivity contribution >= 4 is 5.97 Å². The minimum atomic E-state index is -0.939. The van der Waals surface area contributed by atoms with Crippen molar-refractivity contribution in [1.82, 2.24) is 0 Å². The largest absolute Gasteiger partial charge is 0.493 e. The number of ether oxygens (including phenoxy) is 2. The first-order valence-corrected chi connectivity index (χ1v) is 6.13. The van der Waals surface area contributed by atoms with Gasteiger partial charge in [-0.15, -0.1) is 0 Å². The predicted octanol–water partition coefficient (Wildman–Crippen LogP) is 3.38. The molecular formula is C16H16O4. The maximum absolute atomic E-state index is 11.2. The molecule has 0 saturated carbocycles. The van der Waals surface area contributed by atoms with Gasteiger partial charge in [-0.25, -0.2) is 4.79 Å².